The van der Waals surface area contributed by atoms with Crippen molar-refractivity contribution in [3.63, 3.8) is 0 Å². The van der Waals surface area contributed by atoms with Gasteiger partial charge in [-0.1, -0.05) is 12.1 Å². The van der Waals surface area contributed by atoms with Gasteiger partial charge in [-0.05, 0) is 19.1 Å². The smallest absolute Gasteiger partial charge is 0.292 e. The van der Waals surface area contributed by atoms with Crippen molar-refractivity contribution in [1.82, 2.24) is 5.43 Å². The molecule has 2 rings (SSSR count). The topological polar surface area (TPSA) is 200 Å². The Hall–Kier alpha value is -4.75. The molecular weight excluding hydrogens is 428 g/mol. The van der Waals surface area contributed by atoms with Crippen molar-refractivity contribution in [2.45, 2.75) is 19.8 Å². The van der Waals surface area contributed by atoms with Gasteiger partial charge >= 0.3 is 0 Å². The molecule has 0 saturated carbocycles. The van der Waals surface area contributed by atoms with Gasteiger partial charge in [-0.2, -0.15) is 5.10 Å². The lowest BCUT2D eigenvalue weighted by Crippen LogP contribution is -2.23. The van der Waals surface area contributed by atoms with E-state index in [-0.39, 0.29) is 29.1 Å². The summed E-state index contributed by atoms with van der Waals surface area (Å²) in [7, 11) is 0. The quantitative estimate of drug-likeness (QED) is 0.333. The molecule has 0 heterocycles. The minimum atomic E-state index is -0.836. The van der Waals surface area contributed by atoms with E-state index in [1.54, 1.807) is 0 Å². The first-order valence-corrected chi connectivity index (χ1v) is 8.85. The van der Waals surface area contributed by atoms with E-state index in [0.717, 1.165) is 18.2 Å². The van der Waals surface area contributed by atoms with Crippen LogP contribution in [-0.2, 0) is 16.0 Å². The molecule has 14 heteroatoms. The molecule has 32 heavy (non-hydrogen) atoms. The summed E-state index contributed by atoms with van der Waals surface area (Å²) in [5.41, 5.74) is 0.892. The van der Waals surface area contributed by atoms with Crippen molar-refractivity contribution in [1.29, 1.82) is 0 Å². The van der Waals surface area contributed by atoms with Crippen LogP contribution in [0.4, 0.5) is 22.7 Å². The van der Waals surface area contributed by atoms with Gasteiger partial charge in [0.15, 0.2) is 0 Å². The number of rotatable bonds is 9. The van der Waals surface area contributed by atoms with Crippen molar-refractivity contribution >= 4 is 40.3 Å². The molecular formula is C18H16N6O8. The summed E-state index contributed by atoms with van der Waals surface area (Å²) >= 11 is 0. The molecule has 2 aromatic carbocycles. The number of hydrogen-bond donors (Lipinski definition) is 2. The summed E-state index contributed by atoms with van der Waals surface area (Å²) < 4.78 is 0. The van der Waals surface area contributed by atoms with Crippen LogP contribution < -0.4 is 10.7 Å². The van der Waals surface area contributed by atoms with Crippen LogP contribution >= 0.6 is 0 Å². The molecule has 2 aromatic rings. The highest BCUT2D eigenvalue weighted by atomic mass is 16.6. The Balaban J connectivity index is 1.99. The molecule has 0 aromatic heterocycles. The number of para-hydroxylation sites is 2. The lowest BCUT2D eigenvalue weighted by Gasteiger charge is -2.06. The van der Waals surface area contributed by atoms with Crippen LogP contribution in [0.25, 0.3) is 0 Å². The van der Waals surface area contributed by atoms with Crippen molar-refractivity contribution in [2.75, 3.05) is 5.32 Å². The number of benzene rings is 2. The summed E-state index contributed by atoms with van der Waals surface area (Å²) in [5.74, 6) is -1.36. The van der Waals surface area contributed by atoms with Crippen molar-refractivity contribution in [2.24, 2.45) is 5.10 Å². The van der Waals surface area contributed by atoms with E-state index in [9.17, 15) is 39.9 Å². The highest BCUT2D eigenvalue weighted by molar-refractivity contribution is 6.06. The van der Waals surface area contributed by atoms with Gasteiger partial charge in [0, 0.05) is 23.4 Å². The molecule has 0 atom stereocenters. The number of carbonyl (C=O) groups is 2. The van der Waals surface area contributed by atoms with Crippen molar-refractivity contribution < 1.29 is 24.4 Å². The van der Waals surface area contributed by atoms with Gasteiger partial charge in [-0.25, -0.2) is 5.43 Å². The van der Waals surface area contributed by atoms with Crippen LogP contribution in [0, 0.1) is 30.3 Å². The molecule has 2 amide bonds. The van der Waals surface area contributed by atoms with Crippen LogP contribution in [0.5, 0.6) is 0 Å². The van der Waals surface area contributed by atoms with Gasteiger partial charge in [-0.15, -0.1) is 0 Å². The highest BCUT2D eigenvalue weighted by Gasteiger charge is 2.21. The van der Waals surface area contributed by atoms with Crippen LogP contribution in [0.3, 0.4) is 0 Å². The summed E-state index contributed by atoms with van der Waals surface area (Å²) in [6, 6.07) is 8.45. The Kier molecular flexibility index (Phi) is 7.60. The number of non-ortho nitro benzene ring substituents is 1. The average molecular weight is 444 g/mol. The van der Waals surface area contributed by atoms with Gasteiger partial charge in [0.2, 0.25) is 11.8 Å². The van der Waals surface area contributed by atoms with Crippen molar-refractivity contribution in [3.8, 4) is 0 Å². The maximum atomic E-state index is 12.1. The predicted molar refractivity (Wildman–Crippen MR) is 111 cm³/mol. The zero-order chi connectivity index (χ0) is 23.8. The second-order valence-corrected chi connectivity index (χ2v) is 6.39. The third-order valence-corrected chi connectivity index (χ3v) is 3.99. The summed E-state index contributed by atoms with van der Waals surface area (Å²) in [4.78, 5) is 54.7. The first-order valence-electron chi connectivity index (χ1n) is 8.85. The molecule has 2 N–H and O–H groups in total. The molecule has 0 spiro atoms. The molecule has 0 fully saturated rings. The second kappa shape index (κ2) is 10.3. The zero-order valence-electron chi connectivity index (χ0n) is 16.5. The third-order valence-electron chi connectivity index (χ3n) is 3.99. The largest absolute Gasteiger partial charge is 0.320 e. The number of nitro groups is 3. The molecule has 0 aliphatic rings. The van der Waals surface area contributed by atoms with E-state index in [1.807, 2.05) is 0 Å². The third kappa shape index (κ3) is 6.38. The van der Waals surface area contributed by atoms with Gasteiger partial charge in [0.1, 0.15) is 5.69 Å². The minimum Gasteiger partial charge on any atom is -0.320 e. The fourth-order valence-corrected chi connectivity index (χ4v) is 2.56. The lowest BCUT2D eigenvalue weighted by molar-refractivity contribution is -0.394. The lowest BCUT2D eigenvalue weighted by atomic mass is 10.1. The first-order chi connectivity index (χ1) is 15.1. The van der Waals surface area contributed by atoms with Crippen LogP contribution in [0.2, 0.25) is 0 Å². The van der Waals surface area contributed by atoms with E-state index in [2.05, 4.69) is 15.8 Å². The van der Waals surface area contributed by atoms with Gasteiger partial charge in [0.05, 0.1) is 33.7 Å². The van der Waals surface area contributed by atoms with E-state index in [0.29, 0.717) is 0 Å². The van der Waals surface area contributed by atoms with Gasteiger partial charge in [-0.3, -0.25) is 39.9 Å². The molecule has 0 aliphatic heterocycles. The number of anilines is 1. The van der Waals surface area contributed by atoms with Crippen molar-refractivity contribution in [3.05, 3.63) is 78.4 Å². The molecule has 0 saturated heterocycles. The fourth-order valence-electron chi connectivity index (χ4n) is 2.56. The number of carbonyl (C=O) groups excluding carboxylic acids is 2. The summed E-state index contributed by atoms with van der Waals surface area (Å²) in [6.45, 7) is 1.42. The summed E-state index contributed by atoms with van der Waals surface area (Å²) in [6.07, 6.45) is -0.766. The highest BCUT2D eigenvalue weighted by Crippen LogP contribution is 2.25. The number of hydrazone groups is 1. The monoisotopic (exact) mass is 444 g/mol. The Labute approximate surface area is 179 Å². The molecule has 0 unspecified atom stereocenters. The normalized spacial score (nSPS) is 10.8. The number of nitrogens with one attached hydrogen (secondary N) is 2. The molecule has 0 bridgehead atoms. The van der Waals surface area contributed by atoms with Crippen LogP contribution in [0.1, 0.15) is 18.9 Å². The Bertz CT molecular complexity index is 1130. The second-order valence-electron chi connectivity index (χ2n) is 6.39. The van der Waals surface area contributed by atoms with Gasteiger partial charge in [0.25, 0.3) is 17.1 Å². The zero-order valence-corrected chi connectivity index (χ0v) is 16.5. The fraction of sp³-hybridized carbons (Fsp3) is 0.167. The Morgan fingerprint density at radius 2 is 1.56 bits per heavy atom. The first kappa shape index (κ1) is 23.5. The molecule has 166 valence electrons. The SMILES string of the molecule is C/C(CC(=O)Nc1ccccc1[N+](=O)[O-])=N/NC(=O)Cc1ccc([N+](=O)[O-])cc1[N+](=O)[O-]. The van der Waals surface area contributed by atoms with E-state index >= 15 is 0 Å². The Morgan fingerprint density at radius 1 is 0.906 bits per heavy atom. The molecule has 0 radical (unpaired) electrons. The number of nitrogens with zero attached hydrogens (tertiary/aromatic N) is 4. The average Bonchev–Trinajstić information content (AvgIpc) is 2.72. The van der Waals surface area contributed by atoms with E-state index in [1.165, 1.54) is 31.2 Å². The van der Waals surface area contributed by atoms with Crippen LogP contribution in [0.15, 0.2) is 47.6 Å². The molecule has 14 nitrogen and oxygen atoms in total. The van der Waals surface area contributed by atoms with Gasteiger partial charge < -0.3 is 5.32 Å². The standard InChI is InChI=1S/C18H16N6O8/c1-11(8-17(25)19-14-4-2-3-5-15(14)23(29)30)20-21-18(26)9-12-6-7-13(22(27)28)10-16(12)24(31)32/h2-7,10H,8-9H2,1H3,(H,19,25)(H,21,26)/b20-11-. The maximum Gasteiger partial charge on any atom is 0.292 e. The Morgan fingerprint density at radius 3 is 2.19 bits per heavy atom. The number of nitro benzene ring substituents is 3. The molecule has 0 aliphatic carbocycles. The number of hydrogen-bond acceptors (Lipinski definition) is 9. The maximum absolute atomic E-state index is 12.1. The van der Waals surface area contributed by atoms with E-state index < -0.39 is 44.4 Å². The predicted octanol–water partition coefficient (Wildman–Crippen LogP) is 2.47. The summed E-state index contributed by atoms with van der Waals surface area (Å²) in [5, 5.41) is 39.0. The van der Waals surface area contributed by atoms with E-state index in [4.69, 9.17) is 0 Å². The van der Waals surface area contributed by atoms with Crippen LogP contribution in [-0.4, -0.2) is 32.3 Å². The number of amides is 2. The minimum absolute atomic E-state index is 0.00446.